The Morgan fingerprint density at radius 3 is 2.24 bits per heavy atom. The van der Waals surface area contributed by atoms with Gasteiger partial charge in [0.2, 0.25) is 17.7 Å². The molecule has 5 rings (SSSR count). The highest BCUT2D eigenvalue weighted by molar-refractivity contribution is 6.31. The number of likely N-dealkylation sites (tertiary alicyclic amines) is 1. The summed E-state index contributed by atoms with van der Waals surface area (Å²) in [5.41, 5.74) is 1.31. The van der Waals surface area contributed by atoms with E-state index in [-0.39, 0.29) is 32.5 Å². The number of benzene rings is 3. The lowest BCUT2D eigenvalue weighted by Gasteiger charge is -2.45. The number of aliphatic carboxylic acids is 1. The van der Waals surface area contributed by atoms with Crippen molar-refractivity contribution in [3.8, 4) is 22.8 Å². The molecule has 68 heavy (non-hydrogen) atoms. The van der Waals surface area contributed by atoms with Crippen molar-refractivity contribution in [1.29, 1.82) is 0 Å². The minimum atomic E-state index is -4.79. The van der Waals surface area contributed by atoms with E-state index in [1.165, 1.54) is 4.90 Å². The molecule has 0 bridgehead atoms. The number of alkyl halides is 3. The summed E-state index contributed by atoms with van der Waals surface area (Å²) in [5, 5.41) is 19.5. The SMILES string of the molecule is C[C@H](OC(C)(C)C)[C@H](NC(=O)[C@@H](C)NCc1ccc(Cl)cc1Oc1ccc(-c2cnc(CN(C)C)n2C)cc1)C(=O)N[C@@]1(Cc2ccc(Cl)cc2)CCCN(C(=O)C(CC(=O)O)CC(F)(F)F)C1. The average molecular weight is 989 g/mol. The second kappa shape index (κ2) is 22.9. The third-order valence-electron chi connectivity index (χ3n) is 11.5. The maximum atomic E-state index is 14.7. The number of nitrogens with one attached hydrogen (secondary N) is 3. The first-order valence-corrected chi connectivity index (χ1v) is 23.1. The summed E-state index contributed by atoms with van der Waals surface area (Å²) in [6.45, 7) is 9.37. The Bertz CT molecular complexity index is 2380. The van der Waals surface area contributed by atoms with Gasteiger partial charge in [0, 0.05) is 47.9 Å². The number of carbonyl (C=O) groups excluding carboxylic acids is 3. The largest absolute Gasteiger partial charge is 0.481 e. The molecule has 3 aromatic carbocycles. The van der Waals surface area contributed by atoms with Crippen LogP contribution in [0, 0.1) is 5.92 Å². The summed E-state index contributed by atoms with van der Waals surface area (Å²) in [4.78, 5) is 61.9. The van der Waals surface area contributed by atoms with Gasteiger partial charge in [-0.3, -0.25) is 19.2 Å². The Kier molecular flexibility index (Phi) is 18.1. The number of aromatic nitrogens is 2. The number of carbonyl (C=O) groups is 4. The molecule has 1 aliphatic heterocycles. The van der Waals surface area contributed by atoms with Gasteiger partial charge in [-0.05, 0) is 122 Å². The van der Waals surface area contributed by atoms with E-state index in [0.29, 0.717) is 45.6 Å². The van der Waals surface area contributed by atoms with Crippen molar-refractivity contribution in [2.24, 2.45) is 13.0 Å². The van der Waals surface area contributed by atoms with Crippen molar-refractivity contribution < 1.29 is 46.9 Å². The summed E-state index contributed by atoms with van der Waals surface area (Å²) in [5.74, 6) is -3.63. The number of carboxylic acid groups (broad SMARTS) is 1. The van der Waals surface area contributed by atoms with E-state index >= 15 is 0 Å². The molecule has 2 heterocycles. The predicted molar refractivity (Wildman–Crippen MR) is 254 cm³/mol. The van der Waals surface area contributed by atoms with Crippen LogP contribution in [0.3, 0.4) is 0 Å². The first-order valence-electron chi connectivity index (χ1n) is 22.4. The molecule has 14 nitrogen and oxygen atoms in total. The molecular formula is C49H62Cl2F3N7O7. The van der Waals surface area contributed by atoms with Crippen LogP contribution >= 0.6 is 23.2 Å². The summed E-state index contributed by atoms with van der Waals surface area (Å²) in [7, 11) is 5.95. The topological polar surface area (TPSA) is 167 Å². The highest BCUT2D eigenvalue weighted by Gasteiger charge is 2.45. The highest BCUT2D eigenvalue weighted by Crippen LogP contribution is 2.34. The first kappa shape index (κ1) is 53.8. The summed E-state index contributed by atoms with van der Waals surface area (Å²) >= 11 is 12.6. The summed E-state index contributed by atoms with van der Waals surface area (Å²) < 4.78 is 55.4. The zero-order chi connectivity index (χ0) is 50.1. The third-order valence-corrected chi connectivity index (χ3v) is 12.0. The maximum Gasteiger partial charge on any atom is 0.389 e. The molecule has 5 atom stereocenters. The molecular weight excluding hydrogens is 926 g/mol. The molecule has 3 amide bonds. The zero-order valence-corrected chi connectivity index (χ0v) is 41.2. The third kappa shape index (κ3) is 15.7. The van der Waals surface area contributed by atoms with E-state index in [4.69, 9.17) is 32.7 Å². The van der Waals surface area contributed by atoms with Crippen LogP contribution < -0.4 is 20.7 Å². The molecule has 0 radical (unpaired) electrons. The van der Waals surface area contributed by atoms with Gasteiger partial charge in [-0.15, -0.1) is 0 Å². The van der Waals surface area contributed by atoms with Gasteiger partial charge in [0.1, 0.15) is 23.4 Å². The van der Waals surface area contributed by atoms with Gasteiger partial charge in [-0.1, -0.05) is 41.4 Å². The molecule has 0 saturated carbocycles. The fraction of sp³-hybridized carbons (Fsp3) is 0.490. The van der Waals surface area contributed by atoms with E-state index in [2.05, 4.69) is 20.9 Å². The number of imidazole rings is 1. The Morgan fingerprint density at radius 2 is 1.62 bits per heavy atom. The maximum absolute atomic E-state index is 14.7. The first-order chi connectivity index (χ1) is 31.8. The van der Waals surface area contributed by atoms with Gasteiger partial charge in [-0.2, -0.15) is 13.2 Å². The lowest BCUT2D eigenvalue weighted by Crippen LogP contribution is -2.66. The predicted octanol–water partition coefficient (Wildman–Crippen LogP) is 8.18. The molecule has 1 fully saturated rings. The van der Waals surface area contributed by atoms with Gasteiger partial charge < -0.3 is 44.9 Å². The number of hydrogen-bond donors (Lipinski definition) is 4. The number of carboxylic acids is 1. The Morgan fingerprint density at radius 1 is 0.956 bits per heavy atom. The fourth-order valence-electron chi connectivity index (χ4n) is 8.33. The lowest BCUT2D eigenvalue weighted by molar-refractivity contribution is -0.164. The van der Waals surface area contributed by atoms with E-state index in [9.17, 15) is 37.5 Å². The molecule has 4 N–H and O–H groups in total. The van der Waals surface area contributed by atoms with Crippen LogP contribution in [0.25, 0.3) is 11.3 Å². The fourth-order valence-corrected chi connectivity index (χ4v) is 8.62. The van der Waals surface area contributed by atoms with Crippen molar-refractivity contribution >= 4 is 46.9 Å². The molecule has 0 aliphatic carbocycles. The molecule has 1 unspecified atom stereocenters. The van der Waals surface area contributed by atoms with E-state index in [1.807, 2.05) is 61.1 Å². The number of halogens is 5. The highest BCUT2D eigenvalue weighted by atomic mass is 35.5. The summed E-state index contributed by atoms with van der Waals surface area (Å²) in [6.07, 6.45) is -5.76. The molecule has 1 saturated heterocycles. The quantitative estimate of drug-likeness (QED) is 0.0679. The number of ether oxygens (including phenoxy) is 2. The molecule has 1 aromatic heterocycles. The molecule has 0 spiro atoms. The van der Waals surface area contributed by atoms with E-state index < -0.39 is 78.0 Å². The van der Waals surface area contributed by atoms with E-state index in [1.54, 1.807) is 77.1 Å². The monoisotopic (exact) mass is 987 g/mol. The number of hydrogen-bond acceptors (Lipinski definition) is 9. The Hall–Kier alpha value is -5.20. The van der Waals surface area contributed by atoms with Gasteiger partial charge in [-0.25, -0.2) is 4.98 Å². The lowest BCUT2D eigenvalue weighted by atomic mass is 9.82. The molecule has 4 aromatic rings. The van der Waals surface area contributed by atoms with Crippen LogP contribution in [0.1, 0.15) is 77.3 Å². The van der Waals surface area contributed by atoms with Gasteiger partial charge in [0.15, 0.2) is 0 Å². The minimum absolute atomic E-state index is 0.0505. The standard InChI is InChI=1S/C49H62Cl2F3N7O7/c1-30(55-26-34-12-17-37(51)23-40(34)67-38-18-13-33(14-19-38)39-27-56-41(60(39)8)28-59(6)7)44(64)57-43(31(2)68-47(3,4)5)45(65)58-48(24-32-10-15-36(50)16-11-32)20-9-21-61(29-48)46(66)35(22-42(62)63)25-49(52,53)54/h10-19,23,27,30-31,35,43,55H,9,20-22,24-26,28-29H2,1-8H3,(H,57,64)(H,58,65)(H,62,63)/t30-,31+,35?,43+,48-/m1/s1. The van der Waals surface area contributed by atoms with Crippen molar-refractivity contribution in [3.63, 3.8) is 0 Å². The second-order valence-corrected chi connectivity index (χ2v) is 19.7. The molecule has 370 valence electrons. The van der Waals surface area contributed by atoms with Crippen molar-refractivity contribution in [2.45, 2.75) is 115 Å². The number of rotatable bonds is 20. The summed E-state index contributed by atoms with van der Waals surface area (Å²) in [6, 6.07) is 17.4. The number of nitrogens with zero attached hydrogens (tertiary/aromatic N) is 4. The van der Waals surface area contributed by atoms with Crippen LogP contribution in [0.15, 0.2) is 72.9 Å². The number of piperidine rings is 1. The Balaban J connectivity index is 1.34. The van der Waals surface area contributed by atoms with Crippen LogP contribution in [0.2, 0.25) is 10.0 Å². The van der Waals surface area contributed by atoms with E-state index in [0.717, 1.165) is 17.1 Å². The van der Waals surface area contributed by atoms with Crippen LogP contribution in [0.4, 0.5) is 13.2 Å². The van der Waals surface area contributed by atoms with Crippen molar-refractivity contribution in [2.75, 3.05) is 27.2 Å². The van der Waals surface area contributed by atoms with Crippen LogP contribution in [0.5, 0.6) is 11.5 Å². The second-order valence-electron chi connectivity index (χ2n) is 18.8. The molecule has 19 heteroatoms. The normalized spacial score (nSPS) is 17.3. The zero-order valence-electron chi connectivity index (χ0n) is 39.7. The average Bonchev–Trinajstić information content (AvgIpc) is 3.59. The smallest absolute Gasteiger partial charge is 0.389 e. The Labute approximate surface area is 405 Å². The number of amides is 3. The van der Waals surface area contributed by atoms with Crippen LogP contribution in [-0.2, 0) is 50.5 Å². The van der Waals surface area contributed by atoms with Crippen molar-refractivity contribution in [3.05, 3.63) is 99.9 Å². The van der Waals surface area contributed by atoms with Crippen molar-refractivity contribution in [1.82, 2.24) is 35.3 Å². The van der Waals surface area contributed by atoms with Gasteiger partial charge >= 0.3 is 12.1 Å². The minimum Gasteiger partial charge on any atom is -0.481 e. The molecule has 1 aliphatic rings. The van der Waals surface area contributed by atoms with Crippen LogP contribution in [-0.4, -0.2) is 111 Å². The van der Waals surface area contributed by atoms with Gasteiger partial charge in [0.25, 0.3) is 0 Å². The van der Waals surface area contributed by atoms with Gasteiger partial charge in [0.05, 0.1) is 60.5 Å².